The summed E-state index contributed by atoms with van der Waals surface area (Å²) in [6.45, 7) is 19.7. The van der Waals surface area contributed by atoms with E-state index in [1.54, 1.807) is 0 Å². The normalized spacial score (nSPS) is 18.2. The number of allylic oxidation sites excluding steroid dienone is 4. The standard InChI is InChI=1S/C5H5.3C3H7O.C3H9Si.Hf/c1-2-4-5-3-1;3*1-3(2)4;1-4(2)3;/h1-3H,4H2;3*3H,1-2H3;1-3H3;/q;3*-1;;+3. The predicted molar refractivity (Wildman–Crippen MR) is 93.8 cm³/mol. The summed E-state index contributed by atoms with van der Waals surface area (Å²) in [6, 6.07) is 0. The van der Waals surface area contributed by atoms with Gasteiger partial charge in [0, 0.05) is 0 Å². The number of hydrogen-bond acceptors (Lipinski definition) is 3. The molecule has 0 atom stereocenters. The average molecular weight is 494 g/mol. The molecule has 22 heavy (non-hydrogen) atoms. The van der Waals surface area contributed by atoms with Gasteiger partial charge in [0.05, 0.1) is 0 Å². The molecular formula is C17H35HfO3Si. The van der Waals surface area contributed by atoms with Crippen LogP contribution in [0.2, 0.25) is 19.6 Å². The van der Waals surface area contributed by atoms with Gasteiger partial charge in [0.15, 0.2) is 0 Å². The summed E-state index contributed by atoms with van der Waals surface area (Å²) in [5.41, 5.74) is 0. The molecule has 0 heterocycles. The molecular weight excluding hydrogens is 459 g/mol. The third-order valence-corrected chi connectivity index (χ3v) is 55.0. The van der Waals surface area contributed by atoms with Crippen molar-refractivity contribution in [3.05, 3.63) is 21.6 Å². The maximum atomic E-state index is 6.82. The summed E-state index contributed by atoms with van der Waals surface area (Å²) >= 11 is -4.66. The van der Waals surface area contributed by atoms with Crippen molar-refractivity contribution in [3.8, 4) is 0 Å². The van der Waals surface area contributed by atoms with Crippen LogP contribution in [0.5, 0.6) is 0 Å². The van der Waals surface area contributed by atoms with Crippen LogP contribution < -0.4 is 0 Å². The van der Waals surface area contributed by atoms with Crippen LogP contribution in [0.4, 0.5) is 0 Å². The van der Waals surface area contributed by atoms with Crippen molar-refractivity contribution in [2.75, 3.05) is 0 Å². The monoisotopic (exact) mass is 495 g/mol. The Kier molecular flexibility index (Phi) is 6.65. The Morgan fingerprint density at radius 1 is 0.864 bits per heavy atom. The second-order valence-electron chi connectivity index (χ2n) is 8.06. The first-order chi connectivity index (χ1) is 9.94. The molecule has 1 aliphatic rings. The summed E-state index contributed by atoms with van der Waals surface area (Å²) in [7, 11) is 0. The van der Waals surface area contributed by atoms with E-state index in [0.29, 0.717) is 0 Å². The van der Waals surface area contributed by atoms with Crippen LogP contribution in [-0.2, 0) is 27.5 Å². The quantitative estimate of drug-likeness (QED) is 0.425. The molecule has 3 nitrogen and oxygen atoms in total. The first-order valence-corrected chi connectivity index (χ1v) is 23.6. The summed E-state index contributed by atoms with van der Waals surface area (Å²) in [4.78, 5) is 0. The Balaban J connectivity index is 3.65. The first-order valence-electron chi connectivity index (χ1n) is 8.50. The van der Waals surface area contributed by atoms with Gasteiger partial charge in [-0.05, 0) is 0 Å². The fraction of sp³-hybridized carbons (Fsp3) is 0.765. The molecule has 0 amide bonds. The fourth-order valence-electron chi connectivity index (χ4n) is 3.37. The molecule has 1 aliphatic carbocycles. The van der Waals surface area contributed by atoms with E-state index < -0.39 is 24.2 Å². The Labute approximate surface area is 140 Å². The van der Waals surface area contributed by atoms with E-state index in [9.17, 15) is 0 Å². The number of hydrogen-bond donors (Lipinski definition) is 0. The van der Waals surface area contributed by atoms with Crippen LogP contribution in [-0.4, -0.2) is 23.6 Å². The summed E-state index contributed by atoms with van der Waals surface area (Å²) in [5, 5.41) is -1.90. The molecule has 0 N–H and O–H groups in total. The van der Waals surface area contributed by atoms with E-state index in [4.69, 9.17) is 8.56 Å². The summed E-state index contributed by atoms with van der Waals surface area (Å²) < 4.78 is 21.8. The Bertz CT molecular complexity index is 418. The van der Waals surface area contributed by atoms with Gasteiger partial charge in [-0.15, -0.1) is 0 Å². The van der Waals surface area contributed by atoms with E-state index in [-0.39, 0.29) is 18.3 Å². The van der Waals surface area contributed by atoms with Crippen LogP contribution in [0.25, 0.3) is 0 Å². The van der Waals surface area contributed by atoms with Crippen molar-refractivity contribution in [2.45, 2.75) is 85.9 Å². The number of rotatable bonds is 8. The molecule has 5 heteroatoms. The molecule has 0 aromatic rings. The molecule has 0 fully saturated rings. The Hall–Kier alpha value is 0.447. The molecule has 0 bridgehead atoms. The van der Waals surface area contributed by atoms with Crippen molar-refractivity contribution >= 4 is 5.26 Å². The van der Waals surface area contributed by atoms with Gasteiger partial charge in [-0.3, -0.25) is 0 Å². The van der Waals surface area contributed by atoms with Gasteiger partial charge >= 0.3 is 140 Å². The van der Waals surface area contributed by atoms with Crippen molar-refractivity contribution in [2.24, 2.45) is 0 Å². The van der Waals surface area contributed by atoms with Gasteiger partial charge in [0.25, 0.3) is 0 Å². The van der Waals surface area contributed by atoms with E-state index in [2.05, 4.69) is 79.4 Å². The topological polar surface area (TPSA) is 27.7 Å². The van der Waals surface area contributed by atoms with Crippen LogP contribution in [0.3, 0.4) is 0 Å². The molecule has 0 unspecified atom stereocenters. The maximum absolute atomic E-state index is 6.82. The van der Waals surface area contributed by atoms with Crippen LogP contribution >= 0.6 is 0 Å². The molecule has 0 spiro atoms. The third kappa shape index (κ3) is 3.74. The minimum atomic E-state index is -4.66. The second kappa shape index (κ2) is 7.14. The zero-order chi connectivity index (χ0) is 17.2. The van der Waals surface area contributed by atoms with Gasteiger partial charge in [-0.25, -0.2) is 0 Å². The molecule has 0 radical (unpaired) electrons. The van der Waals surface area contributed by atoms with Gasteiger partial charge in [-0.2, -0.15) is 0 Å². The Morgan fingerprint density at radius 2 is 1.27 bits per heavy atom. The second-order valence-corrected chi connectivity index (χ2v) is 47.7. The predicted octanol–water partition coefficient (Wildman–Crippen LogP) is 5.37. The molecule has 129 valence electrons. The summed E-state index contributed by atoms with van der Waals surface area (Å²) in [6.07, 6.45) is 7.74. The van der Waals surface area contributed by atoms with E-state index in [1.165, 1.54) is 3.33 Å². The summed E-state index contributed by atoms with van der Waals surface area (Å²) in [5.74, 6) is 0. The van der Waals surface area contributed by atoms with E-state index >= 15 is 0 Å². The van der Waals surface area contributed by atoms with E-state index in [1.807, 2.05) is 0 Å². The van der Waals surface area contributed by atoms with Crippen LogP contribution in [0.15, 0.2) is 21.6 Å². The van der Waals surface area contributed by atoms with E-state index in [0.717, 1.165) is 6.42 Å². The molecule has 1 rings (SSSR count). The van der Waals surface area contributed by atoms with Crippen LogP contribution in [0.1, 0.15) is 48.0 Å². The van der Waals surface area contributed by atoms with Crippen molar-refractivity contribution in [1.82, 2.24) is 0 Å². The Morgan fingerprint density at radius 3 is 1.50 bits per heavy atom. The fourth-order valence-corrected chi connectivity index (χ4v) is 49.0. The van der Waals surface area contributed by atoms with Gasteiger partial charge in [0.2, 0.25) is 0 Å². The van der Waals surface area contributed by atoms with Gasteiger partial charge in [0.1, 0.15) is 0 Å². The minimum absolute atomic E-state index is 0.0982. The van der Waals surface area contributed by atoms with Gasteiger partial charge in [-0.1, -0.05) is 0 Å². The van der Waals surface area contributed by atoms with Crippen molar-refractivity contribution < 1.29 is 27.5 Å². The average Bonchev–Trinajstić information content (AvgIpc) is 2.77. The zero-order valence-electron chi connectivity index (χ0n) is 15.9. The van der Waals surface area contributed by atoms with Crippen molar-refractivity contribution in [3.63, 3.8) is 0 Å². The molecule has 0 saturated heterocycles. The molecule has 0 saturated carbocycles. The van der Waals surface area contributed by atoms with Gasteiger partial charge < -0.3 is 0 Å². The molecule has 0 aromatic heterocycles. The van der Waals surface area contributed by atoms with Crippen LogP contribution in [0, 0.1) is 0 Å². The molecule has 0 aliphatic heterocycles. The molecule has 0 aromatic carbocycles. The SMILES string of the molecule is CC(C)[O][Hf]([O]C(C)C)([O]C(C)C)([C]1=CC=CC1)[Si](C)(C)C. The third-order valence-electron chi connectivity index (χ3n) is 3.97. The zero-order valence-corrected chi connectivity index (χ0v) is 20.5. The van der Waals surface area contributed by atoms with Crippen molar-refractivity contribution in [1.29, 1.82) is 0 Å². The first kappa shape index (κ1) is 20.5.